The predicted molar refractivity (Wildman–Crippen MR) is 46.8 cm³/mol. The normalized spacial score (nSPS) is 20.8. The van der Waals surface area contributed by atoms with E-state index in [1.54, 1.807) is 0 Å². The number of rotatable bonds is 3. The highest BCUT2D eigenvalue weighted by atomic mass is 35.5. The summed E-state index contributed by atoms with van der Waals surface area (Å²) in [6.45, 7) is 0. The first-order chi connectivity index (χ1) is 5.79. The van der Waals surface area contributed by atoms with E-state index in [1.165, 1.54) is 20.0 Å². The van der Waals surface area contributed by atoms with Crippen LogP contribution in [0.5, 0.6) is 0 Å². The molecule has 4 heteroatoms. The summed E-state index contributed by atoms with van der Waals surface area (Å²) in [5.74, 6) is 0.104. The van der Waals surface area contributed by atoms with Gasteiger partial charge in [-0.1, -0.05) is 12.8 Å². The molecule has 3 nitrogen and oxygen atoms in total. The minimum Gasteiger partial charge on any atom is -0.468 e. The molecule has 1 atom stereocenters. The number of halogens is 1. The molecule has 1 fully saturated rings. The van der Waals surface area contributed by atoms with Crippen LogP contribution in [-0.4, -0.2) is 19.1 Å². The molecule has 0 heterocycles. The van der Waals surface area contributed by atoms with Crippen LogP contribution in [0.25, 0.3) is 0 Å². The maximum absolute atomic E-state index is 11.2. The highest BCUT2D eigenvalue weighted by Crippen LogP contribution is 2.28. The van der Waals surface area contributed by atoms with E-state index in [4.69, 9.17) is 11.8 Å². The van der Waals surface area contributed by atoms with Gasteiger partial charge in [0.1, 0.15) is 6.04 Å². The van der Waals surface area contributed by atoms with E-state index in [9.17, 15) is 4.79 Å². The Balaban J connectivity index is 2.48. The molecule has 0 aliphatic heterocycles. The number of esters is 1. The van der Waals surface area contributed by atoms with Crippen LogP contribution in [-0.2, 0) is 9.53 Å². The van der Waals surface area contributed by atoms with E-state index >= 15 is 0 Å². The standard InChI is InChI=1S/C8H14ClNO2/c1-12-8(11)7(10-9)6-4-2-3-5-6/h6-7,10H,2-5H2,1H3/t7-/m0/s1. The first-order valence-corrected chi connectivity index (χ1v) is 4.61. The smallest absolute Gasteiger partial charge is 0.324 e. The minimum atomic E-state index is -0.320. The molecule has 0 radical (unpaired) electrons. The number of carbonyl (C=O) groups excluding carboxylic acids is 1. The highest BCUT2D eigenvalue weighted by Gasteiger charge is 2.30. The Kier molecular flexibility index (Phi) is 3.82. The number of methoxy groups -OCH3 is 1. The summed E-state index contributed by atoms with van der Waals surface area (Å²) in [6, 6.07) is -0.320. The summed E-state index contributed by atoms with van der Waals surface area (Å²) in [4.78, 5) is 13.7. The van der Waals surface area contributed by atoms with Gasteiger partial charge in [0.05, 0.1) is 7.11 Å². The molecule has 1 aliphatic rings. The number of carbonyl (C=O) groups is 1. The molecule has 0 aromatic carbocycles. The van der Waals surface area contributed by atoms with E-state index in [-0.39, 0.29) is 12.0 Å². The van der Waals surface area contributed by atoms with Gasteiger partial charge in [0.2, 0.25) is 0 Å². The van der Waals surface area contributed by atoms with Crippen LogP contribution in [0.4, 0.5) is 0 Å². The van der Waals surface area contributed by atoms with Crippen molar-refractivity contribution in [2.45, 2.75) is 31.7 Å². The Hall–Kier alpha value is -0.280. The van der Waals surface area contributed by atoms with Crippen molar-refractivity contribution >= 4 is 17.7 Å². The van der Waals surface area contributed by atoms with E-state index in [0.29, 0.717) is 5.92 Å². The van der Waals surface area contributed by atoms with Crippen LogP contribution in [0.2, 0.25) is 0 Å². The molecule has 70 valence electrons. The fourth-order valence-corrected chi connectivity index (χ4v) is 2.01. The molecule has 12 heavy (non-hydrogen) atoms. The molecule has 1 rings (SSSR count). The number of ether oxygens (including phenoxy) is 1. The Morgan fingerprint density at radius 1 is 1.58 bits per heavy atom. The summed E-state index contributed by atoms with van der Waals surface area (Å²) in [5, 5.41) is 0. The molecule has 1 saturated carbocycles. The third kappa shape index (κ3) is 2.11. The fraction of sp³-hybridized carbons (Fsp3) is 0.875. The second kappa shape index (κ2) is 4.67. The second-order valence-electron chi connectivity index (χ2n) is 3.15. The predicted octanol–water partition coefficient (Wildman–Crippen LogP) is 1.46. The van der Waals surface area contributed by atoms with Crippen molar-refractivity contribution in [2.75, 3.05) is 7.11 Å². The van der Waals surface area contributed by atoms with Gasteiger partial charge in [-0.3, -0.25) is 4.79 Å². The zero-order chi connectivity index (χ0) is 8.97. The molecule has 1 N–H and O–H groups in total. The van der Waals surface area contributed by atoms with Crippen LogP contribution in [0.15, 0.2) is 0 Å². The molecule has 0 saturated heterocycles. The maximum atomic E-state index is 11.2. The lowest BCUT2D eigenvalue weighted by atomic mass is 9.99. The first-order valence-electron chi connectivity index (χ1n) is 4.23. The van der Waals surface area contributed by atoms with E-state index in [0.717, 1.165) is 12.8 Å². The van der Waals surface area contributed by atoms with Crippen LogP contribution in [0.1, 0.15) is 25.7 Å². The van der Waals surface area contributed by atoms with E-state index < -0.39 is 0 Å². The average molecular weight is 192 g/mol. The van der Waals surface area contributed by atoms with Crippen molar-refractivity contribution in [3.05, 3.63) is 0 Å². The van der Waals surface area contributed by atoms with Gasteiger partial charge in [0, 0.05) is 0 Å². The largest absolute Gasteiger partial charge is 0.468 e. The Morgan fingerprint density at radius 3 is 2.58 bits per heavy atom. The van der Waals surface area contributed by atoms with Gasteiger partial charge in [-0.05, 0) is 30.5 Å². The summed E-state index contributed by atoms with van der Waals surface area (Å²) < 4.78 is 4.63. The SMILES string of the molecule is COC(=O)[C@@H](NCl)C1CCCC1. The Labute approximate surface area is 77.5 Å². The van der Waals surface area contributed by atoms with Gasteiger partial charge in [-0.25, -0.2) is 4.84 Å². The third-order valence-electron chi connectivity index (χ3n) is 2.44. The van der Waals surface area contributed by atoms with Gasteiger partial charge < -0.3 is 4.74 Å². The topological polar surface area (TPSA) is 38.3 Å². The molecular formula is C8H14ClNO2. The minimum absolute atomic E-state index is 0.253. The van der Waals surface area contributed by atoms with Crippen molar-refractivity contribution in [3.63, 3.8) is 0 Å². The second-order valence-corrected chi connectivity index (χ2v) is 3.37. The molecule has 0 bridgehead atoms. The van der Waals surface area contributed by atoms with E-state index in [2.05, 4.69) is 9.57 Å². The number of hydrogen-bond donors (Lipinski definition) is 1. The van der Waals surface area contributed by atoms with Crippen LogP contribution in [0.3, 0.4) is 0 Å². The molecule has 0 spiro atoms. The molecule has 0 aromatic heterocycles. The maximum Gasteiger partial charge on any atom is 0.324 e. The Morgan fingerprint density at radius 2 is 2.17 bits per heavy atom. The highest BCUT2D eigenvalue weighted by molar-refractivity contribution is 6.14. The van der Waals surface area contributed by atoms with Crippen molar-refractivity contribution in [1.29, 1.82) is 0 Å². The van der Waals surface area contributed by atoms with Crippen molar-refractivity contribution < 1.29 is 9.53 Å². The summed E-state index contributed by atoms with van der Waals surface area (Å²) >= 11 is 5.47. The first kappa shape index (κ1) is 9.81. The average Bonchev–Trinajstić information content (AvgIpc) is 2.58. The zero-order valence-electron chi connectivity index (χ0n) is 7.18. The lowest BCUT2D eigenvalue weighted by Gasteiger charge is -2.18. The van der Waals surface area contributed by atoms with Crippen molar-refractivity contribution in [2.24, 2.45) is 5.92 Å². The van der Waals surface area contributed by atoms with Gasteiger partial charge in [0.25, 0.3) is 0 Å². The third-order valence-corrected chi connectivity index (χ3v) is 2.68. The summed E-state index contributed by atoms with van der Waals surface area (Å²) in [5.41, 5.74) is 0. The molecule has 1 aliphatic carbocycles. The van der Waals surface area contributed by atoms with E-state index in [1.807, 2.05) is 0 Å². The quantitative estimate of drug-likeness (QED) is 0.542. The fourth-order valence-electron chi connectivity index (χ4n) is 1.74. The summed E-state index contributed by atoms with van der Waals surface area (Å²) in [7, 11) is 1.39. The number of nitrogens with one attached hydrogen (secondary N) is 1. The van der Waals surface area contributed by atoms with Gasteiger partial charge in [-0.2, -0.15) is 0 Å². The summed E-state index contributed by atoms with van der Waals surface area (Å²) in [6.07, 6.45) is 4.52. The van der Waals surface area contributed by atoms with Crippen LogP contribution >= 0.6 is 11.8 Å². The lowest BCUT2D eigenvalue weighted by Crippen LogP contribution is -2.38. The van der Waals surface area contributed by atoms with Gasteiger partial charge in [-0.15, -0.1) is 0 Å². The molecule has 0 unspecified atom stereocenters. The van der Waals surface area contributed by atoms with Gasteiger partial charge in [0.15, 0.2) is 0 Å². The number of hydrogen-bond acceptors (Lipinski definition) is 3. The van der Waals surface area contributed by atoms with Crippen molar-refractivity contribution in [1.82, 2.24) is 4.84 Å². The van der Waals surface area contributed by atoms with Gasteiger partial charge >= 0.3 is 5.97 Å². The lowest BCUT2D eigenvalue weighted by molar-refractivity contribution is -0.144. The molecule has 0 amide bonds. The molecular weight excluding hydrogens is 178 g/mol. The monoisotopic (exact) mass is 191 g/mol. The zero-order valence-corrected chi connectivity index (χ0v) is 7.93. The van der Waals surface area contributed by atoms with Crippen molar-refractivity contribution in [3.8, 4) is 0 Å². The Bertz CT molecular complexity index is 157. The van der Waals surface area contributed by atoms with Crippen LogP contribution < -0.4 is 4.84 Å². The van der Waals surface area contributed by atoms with Crippen LogP contribution in [0, 0.1) is 5.92 Å². The molecule has 0 aromatic rings.